The van der Waals surface area contributed by atoms with E-state index in [-0.39, 0.29) is 35.2 Å². The van der Waals surface area contributed by atoms with E-state index in [4.69, 9.17) is 9.73 Å². The van der Waals surface area contributed by atoms with Crippen molar-refractivity contribution in [2.24, 2.45) is 4.99 Å². The largest absolute Gasteiger partial charge is 0.378 e. The number of nitrogens with zero attached hydrogens (tertiary/aromatic N) is 2. The lowest BCUT2D eigenvalue weighted by molar-refractivity contribution is 0.122. The van der Waals surface area contributed by atoms with Gasteiger partial charge in [-0.1, -0.05) is 24.3 Å². The molecule has 0 aromatic heterocycles. The maximum absolute atomic E-state index is 13.6. The Morgan fingerprint density at radius 1 is 1.10 bits per heavy atom. The summed E-state index contributed by atoms with van der Waals surface area (Å²) in [4.78, 5) is 7.11. The molecule has 31 heavy (non-hydrogen) atoms. The number of nitrogens with one attached hydrogen (secondary N) is 2. The van der Waals surface area contributed by atoms with Crippen molar-refractivity contribution >= 4 is 35.6 Å². The molecule has 1 saturated heterocycles. The molecule has 0 bridgehead atoms. The number of morpholine rings is 1. The van der Waals surface area contributed by atoms with E-state index in [0.29, 0.717) is 6.54 Å². The number of anilines is 1. The molecule has 1 aliphatic carbocycles. The Kier molecular flexibility index (Phi) is 8.54. The van der Waals surface area contributed by atoms with Crippen LogP contribution in [0.25, 0.3) is 0 Å². The molecule has 5 nitrogen and oxygen atoms in total. The minimum Gasteiger partial charge on any atom is -0.378 e. The number of aliphatic imine (C=N–C) groups is 1. The molecule has 1 aliphatic heterocycles. The van der Waals surface area contributed by atoms with Gasteiger partial charge in [-0.3, -0.25) is 0 Å². The quantitative estimate of drug-likeness (QED) is 0.317. The fourth-order valence-corrected chi connectivity index (χ4v) is 3.94. The second-order valence-electron chi connectivity index (χ2n) is 8.11. The van der Waals surface area contributed by atoms with Gasteiger partial charge in [0, 0.05) is 37.3 Å². The third-order valence-electron chi connectivity index (χ3n) is 5.96. The van der Waals surface area contributed by atoms with Crippen molar-refractivity contribution in [2.45, 2.75) is 31.7 Å². The second kappa shape index (κ2) is 11.1. The van der Waals surface area contributed by atoms with Crippen LogP contribution in [0.3, 0.4) is 0 Å². The number of hydrogen-bond acceptors (Lipinski definition) is 3. The van der Waals surface area contributed by atoms with E-state index < -0.39 is 0 Å². The van der Waals surface area contributed by atoms with Crippen LogP contribution in [0, 0.1) is 5.82 Å². The molecule has 0 unspecified atom stereocenters. The van der Waals surface area contributed by atoms with Crippen LogP contribution in [0.1, 0.15) is 30.9 Å². The summed E-state index contributed by atoms with van der Waals surface area (Å²) in [5.74, 6) is 0.636. The molecule has 1 heterocycles. The van der Waals surface area contributed by atoms with Crippen LogP contribution in [0.15, 0.2) is 53.5 Å². The minimum atomic E-state index is -0.167. The lowest BCUT2D eigenvalue weighted by Crippen LogP contribution is -2.41. The summed E-state index contributed by atoms with van der Waals surface area (Å²) < 4.78 is 19.1. The Morgan fingerprint density at radius 3 is 2.48 bits per heavy atom. The predicted octanol–water partition coefficient (Wildman–Crippen LogP) is 4.07. The monoisotopic (exact) mass is 538 g/mol. The molecule has 0 amide bonds. The molecule has 2 aliphatic rings. The number of guanidine groups is 1. The molecular weight excluding hydrogens is 506 g/mol. The summed E-state index contributed by atoms with van der Waals surface area (Å²) >= 11 is 0. The zero-order chi connectivity index (χ0) is 20.8. The number of halogens is 2. The van der Waals surface area contributed by atoms with Crippen molar-refractivity contribution in [3.63, 3.8) is 0 Å². The molecule has 0 atom stereocenters. The smallest absolute Gasteiger partial charge is 0.191 e. The summed E-state index contributed by atoms with van der Waals surface area (Å²) in [6, 6.07) is 15.6. The molecule has 0 spiro atoms. The topological polar surface area (TPSA) is 48.9 Å². The number of ether oxygens (including phenoxy) is 1. The van der Waals surface area contributed by atoms with Crippen molar-refractivity contribution in [1.82, 2.24) is 10.6 Å². The van der Waals surface area contributed by atoms with Gasteiger partial charge < -0.3 is 20.3 Å². The fourth-order valence-electron chi connectivity index (χ4n) is 3.94. The van der Waals surface area contributed by atoms with E-state index in [2.05, 4.69) is 46.7 Å². The zero-order valence-corrected chi connectivity index (χ0v) is 20.4. The third-order valence-corrected chi connectivity index (χ3v) is 5.96. The van der Waals surface area contributed by atoms with Gasteiger partial charge in [0.2, 0.25) is 0 Å². The highest BCUT2D eigenvalue weighted by atomic mass is 127. The highest BCUT2D eigenvalue weighted by Crippen LogP contribution is 2.47. The van der Waals surface area contributed by atoms with Gasteiger partial charge in [-0.05, 0) is 55.2 Å². The molecule has 0 radical (unpaired) electrons. The van der Waals surface area contributed by atoms with E-state index in [9.17, 15) is 4.39 Å². The van der Waals surface area contributed by atoms with E-state index in [1.165, 1.54) is 17.3 Å². The van der Waals surface area contributed by atoms with Gasteiger partial charge in [0.25, 0.3) is 0 Å². The molecule has 2 aromatic rings. The average Bonchev–Trinajstić information content (AvgIpc) is 3.58. The van der Waals surface area contributed by atoms with Crippen LogP contribution in [-0.4, -0.2) is 45.4 Å². The Hall–Kier alpha value is -1.87. The lowest BCUT2D eigenvalue weighted by Gasteiger charge is -2.28. The SMILES string of the molecule is CCNC(=NCc1ccc(N2CCOCC2)cc1)NCC1(c2cccc(F)c2)CC1.I. The Morgan fingerprint density at radius 2 is 1.84 bits per heavy atom. The summed E-state index contributed by atoms with van der Waals surface area (Å²) in [6.07, 6.45) is 2.15. The van der Waals surface area contributed by atoms with Gasteiger partial charge >= 0.3 is 0 Å². The van der Waals surface area contributed by atoms with Crippen molar-refractivity contribution in [3.8, 4) is 0 Å². The molecule has 2 fully saturated rings. The first-order valence-corrected chi connectivity index (χ1v) is 10.9. The predicted molar refractivity (Wildman–Crippen MR) is 135 cm³/mol. The van der Waals surface area contributed by atoms with Gasteiger partial charge in [0.1, 0.15) is 5.82 Å². The molecule has 2 N–H and O–H groups in total. The number of benzene rings is 2. The molecule has 7 heteroatoms. The van der Waals surface area contributed by atoms with Crippen LogP contribution < -0.4 is 15.5 Å². The highest BCUT2D eigenvalue weighted by Gasteiger charge is 2.44. The average molecular weight is 538 g/mol. The van der Waals surface area contributed by atoms with Crippen LogP contribution in [0.4, 0.5) is 10.1 Å². The summed E-state index contributed by atoms with van der Waals surface area (Å²) in [5, 5.41) is 6.79. The highest BCUT2D eigenvalue weighted by molar-refractivity contribution is 14.0. The standard InChI is InChI=1S/C24H31FN4O.HI/c1-2-26-23(28-18-24(10-11-24)20-4-3-5-21(25)16-20)27-17-19-6-8-22(9-7-19)29-12-14-30-15-13-29;/h3-9,16H,2,10-15,17-18H2,1H3,(H2,26,27,28);1H. The lowest BCUT2D eigenvalue weighted by atomic mass is 9.96. The first kappa shape index (κ1) is 23.8. The first-order chi connectivity index (χ1) is 14.7. The first-order valence-electron chi connectivity index (χ1n) is 10.9. The van der Waals surface area contributed by atoms with Crippen LogP contribution in [0.5, 0.6) is 0 Å². The second-order valence-corrected chi connectivity index (χ2v) is 8.11. The fraction of sp³-hybridized carbons (Fsp3) is 0.458. The molecule has 2 aromatic carbocycles. The summed E-state index contributed by atoms with van der Waals surface area (Å²) in [5.41, 5.74) is 3.51. The van der Waals surface area contributed by atoms with E-state index in [1.54, 1.807) is 12.1 Å². The summed E-state index contributed by atoms with van der Waals surface area (Å²) in [6.45, 7) is 7.71. The molecule has 1 saturated carbocycles. The maximum atomic E-state index is 13.6. The normalized spacial score (nSPS) is 17.6. The van der Waals surface area contributed by atoms with Crippen molar-refractivity contribution in [3.05, 3.63) is 65.5 Å². The third kappa shape index (κ3) is 6.32. The zero-order valence-electron chi connectivity index (χ0n) is 18.1. The Bertz CT molecular complexity index is 864. The van der Waals surface area contributed by atoms with Gasteiger partial charge in [-0.2, -0.15) is 0 Å². The maximum Gasteiger partial charge on any atom is 0.191 e. The number of hydrogen-bond donors (Lipinski definition) is 2. The minimum absolute atomic E-state index is 0. The van der Waals surface area contributed by atoms with Crippen molar-refractivity contribution in [1.29, 1.82) is 0 Å². The van der Waals surface area contributed by atoms with Gasteiger partial charge in [0.15, 0.2) is 5.96 Å². The van der Waals surface area contributed by atoms with Crippen LogP contribution in [-0.2, 0) is 16.7 Å². The molecule has 4 rings (SSSR count). The van der Waals surface area contributed by atoms with Crippen molar-refractivity contribution < 1.29 is 9.13 Å². The number of rotatable bonds is 7. The van der Waals surface area contributed by atoms with Crippen molar-refractivity contribution in [2.75, 3.05) is 44.3 Å². The summed E-state index contributed by atoms with van der Waals surface area (Å²) in [7, 11) is 0. The van der Waals surface area contributed by atoms with E-state index in [1.807, 2.05) is 6.07 Å². The van der Waals surface area contributed by atoms with Crippen LogP contribution in [0.2, 0.25) is 0 Å². The molecule has 168 valence electrons. The Balaban J connectivity index is 0.00000272. The Labute approximate surface area is 201 Å². The van der Waals surface area contributed by atoms with Gasteiger partial charge in [-0.15, -0.1) is 24.0 Å². The van der Waals surface area contributed by atoms with Gasteiger partial charge in [-0.25, -0.2) is 9.38 Å². The van der Waals surface area contributed by atoms with E-state index >= 15 is 0 Å². The van der Waals surface area contributed by atoms with Gasteiger partial charge in [0.05, 0.1) is 19.8 Å². The van der Waals surface area contributed by atoms with E-state index in [0.717, 1.165) is 63.8 Å². The molecular formula is C24H32FIN4O. The van der Waals surface area contributed by atoms with Crippen LogP contribution >= 0.6 is 24.0 Å².